The Hall–Kier alpha value is -2.38. The number of carbonyl (C=O) groups is 1. The molecule has 2 aromatic rings. The quantitative estimate of drug-likeness (QED) is 0.201. The van der Waals surface area contributed by atoms with Gasteiger partial charge < -0.3 is 24.2 Å². The number of esters is 1. The first-order valence-corrected chi connectivity index (χ1v) is 12.7. The molecule has 0 spiro atoms. The number of aromatic amines is 1. The Morgan fingerprint density at radius 2 is 1.91 bits per heavy atom. The summed E-state index contributed by atoms with van der Waals surface area (Å²) < 4.78 is 36.6. The lowest BCUT2D eigenvalue weighted by Crippen LogP contribution is -2.38. The number of carbonyl (C=O) groups excluding carboxylic acids is 1. The van der Waals surface area contributed by atoms with Crippen LogP contribution in [0.25, 0.3) is 0 Å². The van der Waals surface area contributed by atoms with Gasteiger partial charge in [0.25, 0.3) is 0 Å². The summed E-state index contributed by atoms with van der Waals surface area (Å²) in [5, 5.41) is 23.4. The molecule has 0 aliphatic carbocycles. The second-order valence-corrected chi connectivity index (χ2v) is 10.2. The van der Waals surface area contributed by atoms with Crippen molar-refractivity contribution in [3.8, 4) is 5.75 Å². The van der Waals surface area contributed by atoms with Gasteiger partial charge in [0.15, 0.2) is 6.23 Å². The van der Waals surface area contributed by atoms with Gasteiger partial charge in [-0.2, -0.15) is 5.09 Å². The van der Waals surface area contributed by atoms with Crippen molar-refractivity contribution in [2.24, 2.45) is 0 Å². The van der Waals surface area contributed by atoms with Gasteiger partial charge in [-0.05, 0) is 39.0 Å². The summed E-state index contributed by atoms with van der Waals surface area (Å²) in [6.07, 6.45) is -4.48. The molecule has 1 saturated heterocycles. The van der Waals surface area contributed by atoms with Crippen molar-refractivity contribution in [2.45, 2.75) is 57.5 Å². The minimum absolute atomic E-state index is 0.189. The first-order chi connectivity index (χ1) is 16.5. The summed E-state index contributed by atoms with van der Waals surface area (Å²) in [6.45, 7) is 4.27. The lowest BCUT2D eigenvalue weighted by Gasteiger charge is -2.25. The first kappa shape index (κ1) is 27.2. The third kappa shape index (κ3) is 7.07. The summed E-state index contributed by atoms with van der Waals surface area (Å²) in [4.78, 5) is 26.8. The lowest BCUT2D eigenvalue weighted by atomic mass is 10.1. The molecule has 0 saturated carbocycles. The Morgan fingerprint density at radius 1 is 1.23 bits per heavy atom. The fourth-order valence-electron chi connectivity index (χ4n) is 3.23. The van der Waals surface area contributed by atoms with Crippen molar-refractivity contribution in [1.29, 1.82) is 0 Å². The topological polar surface area (TPSA) is 161 Å². The van der Waals surface area contributed by atoms with Crippen LogP contribution in [0.5, 0.6) is 5.75 Å². The molecule has 4 N–H and O–H groups in total. The Morgan fingerprint density at radius 3 is 2.54 bits per heavy atom. The van der Waals surface area contributed by atoms with Crippen LogP contribution in [0.2, 0.25) is 0 Å². The lowest BCUT2D eigenvalue weighted by molar-refractivity contribution is -0.149. The molecule has 3 rings (SSSR count). The predicted molar refractivity (Wildman–Crippen MR) is 126 cm³/mol. The maximum absolute atomic E-state index is 13.5. The van der Waals surface area contributed by atoms with Crippen LogP contribution in [0.3, 0.4) is 0 Å². The highest BCUT2D eigenvalue weighted by molar-refractivity contribution is 7.71. The van der Waals surface area contributed by atoms with Crippen molar-refractivity contribution >= 4 is 25.9 Å². The molecule has 1 aliphatic rings. The summed E-state index contributed by atoms with van der Waals surface area (Å²) >= 11 is 4.89. The van der Waals surface area contributed by atoms with Crippen LogP contribution in [-0.2, 0) is 23.4 Å². The summed E-state index contributed by atoms with van der Waals surface area (Å²) in [5.41, 5.74) is -0.646. The van der Waals surface area contributed by atoms with Gasteiger partial charge in [-0.15, -0.1) is 0 Å². The summed E-state index contributed by atoms with van der Waals surface area (Å²) in [5.74, 6) is -0.474. The normalized spacial score (nSPS) is 24.6. The zero-order chi connectivity index (χ0) is 25.8. The number of nitrogens with one attached hydrogen (secondary N) is 2. The molecule has 1 unspecified atom stereocenters. The van der Waals surface area contributed by atoms with E-state index in [4.69, 9.17) is 30.7 Å². The molecule has 0 radical (unpaired) electrons. The summed E-state index contributed by atoms with van der Waals surface area (Å²) in [6, 6.07) is 8.49. The van der Waals surface area contributed by atoms with Crippen molar-refractivity contribution in [1.82, 2.24) is 14.6 Å². The molecule has 1 aromatic heterocycles. The molecule has 0 bridgehead atoms. The van der Waals surface area contributed by atoms with E-state index in [1.165, 1.54) is 19.2 Å². The molecule has 35 heavy (non-hydrogen) atoms. The molecule has 2 heterocycles. The van der Waals surface area contributed by atoms with Gasteiger partial charge in [-0.25, -0.2) is 9.36 Å². The van der Waals surface area contributed by atoms with Gasteiger partial charge >= 0.3 is 19.4 Å². The van der Waals surface area contributed by atoms with Crippen LogP contribution in [0, 0.1) is 4.64 Å². The van der Waals surface area contributed by atoms with Gasteiger partial charge in [0.1, 0.15) is 34.7 Å². The van der Waals surface area contributed by atoms with Crippen molar-refractivity contribution in [3.63, 3.8) is 0 Å². The second-order valence-electron chi connectivity index (χ2n) is 8.10. The third-order valence-electron chi connectivity index (χ3n) is 4.90. The molecule has 1 fully saturated rings. The Kier molecular flexibility index (Phi) is 9.00. The van der Waals surface area contributed by atoms with Gasteiger partial charge in [0.2, 0.25) is 0 Å². The van der Waals surface area contributed by atoms with E-state index in [1.54, 1.807) is 44.2 Å². The van der Waals surface area contributed by atoms with Crippen LogP contribution in [0.4, 0.5) is 0 Å². The highest BCUT2D eigenvalue weighted by atomic mass is 32.1. The zero-order valence-electron chi connectivity index (χ0n) is 19.3. The van der Waals surface area contributed by atoms with E-state index in [2.05, 4.69) is 10.1 Å². The highest BCUT2D eigenvalue weighted by Crippen LogP contribution is 2.46. The van der Waals surface area contributed by atoms with Crippen LogP contribution >= 0.6 is 20.0 Å². The SMILES string of the molecule is CC(C)OC(=O)[C@H](C)NP(=O)(OC[C@H]1O[C@@H](n2ccc(=S)[nH]c2=O)[C@@H](O)[C@H]1O)Oc1ccccc1. The van der Waals surface area contributed by atoms with E-state index in [1.807, 2.05) is 0 Å². The molecule has 0 amide bonds. The van der Waals surface area contributed by atoms with Crippen LogP contribution in [-0.4, -0.2) is 62.8 Å². The van der Waals surface area contributed by atoms with Crippen LogP contribution < -0.4 is 15.3 Å². The van der Waals surface area contributed by atoms with E-state index in [0.717, 1.165) is 4.57 Å². The molecular weight excluding hydrogens is 501 g/mol. The van der Waals surface area contributed by atoms with Gasteiger partial charge in [-0.1, -0.05) is 30.4 Å². The van der Waals surface area contributed by atoms with E-state index in [9.17, 15) is 24.4 Å². The average molecular weight is 530 g/mol. The fourth-order valence-corrected chi connectivity index (χ4v) is 4.88. The Labute approximate surface area is 206 Å². The summed E-state index contributed by atoms with van der Waals surface area (Å²) in [7, 11) is -4.21. The molecule has 6 atom stereocenters. The molecule has 14 heteroatoms. The maximum Gasteiger partial charge on any atom is 0.459 e. The number of H-pyrrole nitrogens is 1. The molecule has 1 aromatic carbocycles. The number of aliphatic hydroxyl groups excluding tert-OH is 2. The molecular formula is C21H28N3O9PS. The smallest absolute Gasteiger partial charge is 0.459 e. The zero-order valence-corrected chi connectivity index (χ0v) is 21.0. The average Bonchev–Trinajstić information content (AvgIpc) is 3.06. The van der Waals surface area contributed by atoms with Crippen molar-refractivity contribution < 1.29 is 38.1 Å². The number of aliphatic hydroxyl groups is 2. The highest BCUT2D eigenvalue weighted by Gasteiger charge is 2.45. The van der Waals surface area contributed by atoms with Crippen molar-refractivity contribution in [3.05, 3.63) is 57.7 Å². The molecule has 1 aliphatic heterocycles. The van der Waals surface area contributed by atoms with E-state index >= 15 is 0 Å². The second kappa shape index (κ2) is 11.6. The minimum atomic E-state index is -4.21. The van der Waals surface area contributed by atoms with E-state index in [0.29, 0.717) is 0 Å². The number of rotatable bonds is 10. The van der Waals surface area contributed by atoms with Crippen LogP contribution in [0.1, 0.15) is 27.0 Å². The van der Waals surface area contributed by atoms with E-state index in [-0.39, 0.29) is 10.4 Å². The van der Waals surface area contributed by atoms with Crippen LogP contribution in [0.15, 0.2) is 47.4 Å². The number of ether oxygens (including phenoxy) is 2. The monoisotopic (exact) mass is 529 g/mol. The van der Waals surface area contributed by atoms with E-state index < -0.39 is 62.7 Å². The number of aromatic nitrogens is 2. The van der Waals surface area contributed by atoms with Crippen molar-refractivity contribution in [2.75, 3.05) is 6.61 Å². The fraction of sp³-hybridized carbons (Fsp3) is 0.476. The van der Waals surface area contributed by atoms with Gasteiger partial charge in [0, 0.05) is 6.20 Å². The number of para-hydroxylation sites is 1. The third-order valence-corrected chi connectivity index (χ3v) is 6.78. The number of nitrogens with zero attached hydrogens (tertiary/aromatic N) is 1. The Balaban J connectivity index is 1.75. The molecule has 192 valence electrons. The van der Waals surface area contributed by atoms with Gasteiger partial charge in [-0.3, -0.25) is 18.9 Å². The Bertz CT molecular complexity index is 1170. The largest absolute Gasteiger partial charge is 0.462 e. The predicted octanol–water partition coefficient (Wildman–Crippen LogP) is 1.66. The minimum Gasteiger partial charge on any atom is -0.462 e. The number of hydrogen-bond acceptors (Lipinski definition) is 10. The number of benzene rings is 1. The first-order valence-electron chi connectivity index (χ1n) is 10.8. The maximum atomic E-state index is 13.5. The van der Waals surface area contributed by atoms with Gasteiger partial charge in [0.05, 0.1) is 12.7 Å². The standard InChI is InChI=1S/C21H28N3O9PS/c1-12(2)31-20(27)13(3)23-34(29,33-14-7-5-4-6-8-14)30-11-15-17(25)18(26)19(32-15)24-10-9-16(35)22-21(24)28/h4-10,12-13,15,17-19,25-26H,11H2,1-3H3,(H,23,29)(H,22,28,35)/t13-,15+,17-,18-,19+,34?/m0/s1. The molecule has 12 nitrogen and oxygen atoms in total. The number of hydrogen-bond donors (Lipinski definition) is 4.